The average molecular weight is 376 g/mol. The lowest BCUT2D eigenvalue weighted by molar-refractivity contribution is 0.0376. The Balaban J connectivity index is 1.49. The molecule has 0 bridgehead atoms. The van der Waals surface area contributed by atoms with Crippen molar-refractivity contribution in [3.8, 4) is 0 Å². The highest BCUT2D eigenvalue weighted by atomic mass is 32.1. The highest BCUT2D eigenvalue weighted by Gasteiger charge is 2.15. The van der Waals surface area contributed by atoms with Crippen LogP contribution in [0.1, 0.15) is 24.7 Å². The molecule has 1 aromatic carbocycles. The Morgan fingerprint density at radius 3 is 2.81 bits per heavy atom. The first-order chi connectivity index (χ1) is 12.7. The quantitative estimate of drug-likeness (QED) is 0.593. The molecule has 0 amide bonds. The van der Waals surface area contributed by atoms with E-state index in [1.165, 1.54) is 10.9 Å². The van der Waals surface area contributed by atoms with Gasteiger partial charge in [0.2, 0.25) is 0 Å². The molecular formula is C20H29N3O2S. The average Bonchev–Trinajstić information content (AvgIpc) is 3.03. The van der Waals surface area contributed by atoms with Crippen molar-refractivity contribution in [2.75, 3.05) is 46.4 Å². The van der Waals surface area contributed by atoms with Crippen molar-refractivity contribution >= 4 is 28.3 Å². The Kier molecular flexibility index (Phi) is 6.88. The van der Waals surface area contributed by atoms with Gasteiger partial charge in [0.1, 0.15) is 11.3 Å². The number of ether oxygens (including phenoxy) is 1. The Morgan fingerprint density at radius 1 is 1.27 bits per heavy atom. The highest BCUT2D eigenvalue weighted by molar-refractivity contribution is 7.80. The molecule has 2 aromatic rings. The van der Waals surface area contributed by atoms with Gasteiger partial charge in [0, 0.05) is 50.6 Å². The van der Waals surface area contributed by atoms with Crippen LogP contribution in [-0.4, -0.2) is 61.4 Å². The second-order valence-electron chi connectivity index (χ2n) is 6.75. The molecule has 1 N–H and O–H groups in total. The van der Waals surface area contributed by atoms with Crippen molar-refractivity contribution in [2.24, 2.45) is 0 Å². The second kappa shape index (κ2) is 9.35. The van der Waals surface area contributed by atoms with Gasteiger partial charge in [0.05, 0.1) is 13.2 Å². The molecule has 0 atom stereocenters. The molecule has 1 aromatic heterocycles. The summed E-state index contributed by atoms with van der Waals surface area (Å²) in [5.74, 6) is 1.05. The first-order valence-electron chi connectivity index (χ1n) is 9.47. The largest absolute Gasteiger partial charge is 0.461 e. The first-order valence-corrected chi connectivity index (χ1v) is 9.88. The molecule has 5 nitrogen and oxygen atoms in total. The number of hydrogen-bond donors (Lipinski definition) is 1. The van der Waals surface area contributed by atoms with Gasteiger partial charge in [-0.2, -0.15) is 0 Å². The first kappa shape index (κ1) is 19.1. The normalized spacial score (nSPS) is 15.3. The molecule has 1 fully saturated rings. The van der Waals surface area contributed by atoms with E-state index in [9.17, 15) is 0 Å². The van der Waals surface area contributed by atoms with E-state index in [-0.39, 0.29) is 0 Å². The summed E-state index contributed by atoms with van der Waals surface area (Å²) in [4.78, 5) is 4.55. The van der Waals surface area contributed by atoms with Crippen LogP contribution in [0.4, 0.5) is 0 Å². The van der Waals surface area contributed by atoms with Crippen molar-refractivity contribution in [3.63, 3.8) is 0 Å². The van der Waals surface area contributed by atoms with Crippen LogP contribution in [0, 0.1) is 0 Å². The smallest absolute Gasteiger partial charge is 0.168 e. The van der Waals surface area contributed by atoms with Gasteiger partial charge in [0.25, 0.3) is 0 Å². The molecule has 142 valence electrons. The molecule has 0 saturated carbocycles. The number of thiocarbonyl (C=S) groups is 1. The van der Waals surface area contributed by atoms with Crippen LogP contribution in [0.5, 0.6) is 0 Å². The maximum Gasteiger partial charge on any atom is 0.168 e. The number of furan rings is 1. The highest BCUT2D eigenvalue weighted by Crippen LogP contribution is 2.27. The minimum atomic E-state index is 0.759. The summed E-state index contributed by atoms with van der Waals surface area (Å²) >= 11 is 5.57. The molecule has 2 heterocycles. The number of para-hydroxylation sites is 1. The number of nitrogens with zero attached hydrogens (tertiary/aromatic N) is 2. The molecule has 26 heavy (non-hydrogen) atoms. The van der Waals surface area contributed by atoms with Crippen LogP contribution in [0.2, 0.25) is 0 Å². The van der Waals surface area contributed by atoms with E-state index in [0.717, 1.165) is 75.2 Å². The van der Waals surface area contributed by atoms with E-state index in [4.69, 9.17) is 21.4 Å². The van der Waals surface area contributed by atoms with Crippen LogP contribution in [-0.2, 0) is 17.7 Å². The molecule has 1 aliphatic rings. The van der Waals surface area contributed by atoms with Gasteiger partial charge in [-0.15, -0.1) is 0 Å². The summed E-state index contributed by atoms with van der Waals surface area (Å²) in [6, 6.07) is 8.22. The number of fused-ring (bicyclic) bond motifs is 1. The van der Waals surface area contributed by atoms with E-state index in [0.29, 0.717) is 0 Å². The third-order valence-corrected chi connectivity index (χ3v) is 5.33. The van der Waals surface area contributed by atoms with E-state index >= 15 is 0 Å². The molecule has 1 aliphatic heterocycles. The molecular weight excluding hydrogens is 346 g/mol. The van der Waals surface area contributed by atoms with Gasteiger partial charge < -0.3 is 19.4 Å². The van der Waals surface area contributed by atoms with Crippen molar-refractivity contribution in [1.82, 2.24) is 15.1 Å². The minimum absolute atomic E-state index is 0.759. The Bertz CT molecular complexity index is 725. The van der Waals surface area contributed by atoms with Gasteiger partial charge in [-0.1, -0.05) is 25.1 Å². The fourth-order valence-corrected chi connectivity index (χ4v) is 3.54. The van der Waals surface area contributed by atoms with Crippen LogP contribution in [0.15, 0.2) is 28.7 Å². The molecule has 1 saturated heterocycles. The van der Waals surface area contributed by atoms with Gasteiger partial charge in [-0.05, 0) is 31.2 Å². The fraction of sp³-hybridized carbons (Fsp3) is 0.550. The Labute approximate surface area is 161 Å². The number of aryl methyl sites for hydroxylation is 1. The summed E-state index contributed by atoms with van der Waals surface area (Å²) in [6.07, 6.45) is 1.97. The standard InChI is InChI=1S/C20H29N3O2S/c1-3-18-17(16-7-4-5-8-19(16)25-18)15-22(2)20(26)21-9-6-10-23-11-13-24-14-12-23/h4-5,7-8H,3,6,9-15H2,1-2H3,(H,21,26). The molecule has 3 rings (SSSR count). The lowest BCUT2D eigenvalue weighted by Crippen LogP contribution is -2.40. The summed E-state index contributed by atoms with van der Waals surface area (Å²) in [5, 5.41) is 5.37. The van der Waals surface area contributed by atoms with Crippen molar-refractivity contribution in [1.29, 1.82) is 0 Å². The van der Waals surface area contributed by atoms with Gasteiger partial charge in [0.15, 0.2) is 5.11 Å². The molecule has 0 spiro atoms. The van der Waals surface area contributed by atoms with Gasteiger partial charge >= 0.3 is 0 Å². The number of benzene rings is 1. The molecule has 0 aliphatic carbocycles. The SMILES string of the molecule is CCc1oc2ccccc2c1CN(C)C(=S)NCCCN1CCOCC1. The van der Waals surface area contributed by atoms with E-state index in [1.807, 2.05) is 19.2 Å². The molecule has 0 unspecified atom stereocenters. The lowest BCUT2D eigenvalue weighted by Gasteiger charge is -2.27. The van der Waals surface area contributed by atoms with Crippen LogP contribution < -0.4 is 5.32 Å². The number of hydrogen-bond acceptors (Lipinski definition) is 4. The number of rotatable bonds is 7. The summed E-state index contributed by atoms with van der Waals surface area (Å²) in [5.41, 5.74) is 2.19. The Morgan fingerprint density at radius 2 is 2.04 bits per heavy atom. The lowest BCUT2D eigenvalue weighted by atomic mass is 10.1. The van der Waals surface area contributed by atoms with Crippen LogP contribution in [0.3, 0.4) is 0 Å². The summed E-state index contributed by atoms with van der Waals surface area (Å²) < 4.78 is 11.4. The van der Waals surface area contributed by atoms with E-state index in [1.54, 1.807) is 0 Å². The predicted octanol–water partition coefficient (Wildman–Crippen LogP) is 3.02. The Hall–Kier alpha value is -1.63. The zero-order valence-electron chi connectivity index (χ0n) is 15.8. The zero-order valence-corrected chi connectivity index (χ0v) is 16.6. The summed E-state index contributed by atoms with van der Waals surface area (Å²) in [7, 11) is 2.04. The van der Waals surface area contributed by atoms with Crippen LogP contribution >= 0.6 is 12.2 Å². The molecule has 0 radical (unpaired) electrons. The van der Waals surface area contributed by atoms with Gasteiger partial charge in [-0.25, -0.2) is 0 Å². The topological polar surface area (TPSA) is 40.9 Å². The molecule has 6 heteroatoms. The number of nitrogens with one attached hydrogen (secondary N) is 1. The van der Waals surface area contributed by atoms with E-state index < -0.39 is 0 Å². The zero-order chi connectivity index (χ0) is 18.4. The van der Waals surface area contributed by atoms with Crippen molar-refractivity contribution < 1.29 is 9.15 Å². The fourth-order valence-electron chi connectivity index (χ4n) is 3.38. The second-order valence-corrected chi connectivity index (χ2v) is 7.14. The summed E-state index contributed by atoms with van der Waals surface area (Å²) in [6.45, 7) is 8.66. The van der Waals surface area contributed by atoms with Crippen molar-refractivity contribution in [2.45, 2.75) is 26.3 Å². The third kappa shape index (κ3) is 4.75. The monoisotopic (exact) mass is 375 g/mol. The maximum atomic E-state index is 5.99. The third-order valence-electron chi connectivity index (χ3n) is 4.88. The maximum absolute atomic E-state index is 5.99. The minimum Gasteiger partial charge on any atom is -0.461 e. The van der Waals surface area contributed by atoms with Crippen LogP contribution in [0.25, 0.3) is 11.0 Å². The predicted molar refractivity (Wildman–Crippen MR) is 110 cm³/mol. The van der Waals surface area contributed by atoms with Crippen molar-refractivity contribution in [3.05, 3.63) is 35.6 Å². The van der Waals surface area contributed by atoms with Gasteiger partial charge in [-0.3, -0.25) is 4.90 Å². The number of morpholine rings is 1. The van der Waals surface area contributed by atoms with E-state index in [2.05, 4.69) is 34.2 Å².